The highest BCUT2D eigenvalue weighted by molar-refractivity contribution is 7.90. The van der Waals surface area contributed by atoms with Crippen LogP contribution in [0.1, 0.15) is 27.3 Å². The predicted octanol–water partition coefficient (Wildman–Crippen LogP) is 4.76. The molecule has 3 aromatic carbocycles. The number of carbonyl (C=O) groups excluding carboxylic acids is 1. The summed E-state index contributed by atoms with van der Waals surface area (Å²) in [6, 6.07) is 16.3. The number of hydrogen-bond acceptors (Lipinski definition) is 5. The molecule has 0 saturated carbocycles. The van der Waals surface area contributed by atoms with Gasteiger partial charge in [0.15, 0.2) is 15.5 Å². The second-order valence-corrected chi connectivity index (χ2v) is 11.1. The van der Waals surface area contributed by atoms with Gasteiger partial charge < -0.3 is 10.6 Å². The summed E-state index contributed by atoms with van der Waals surface area (Å²) in [6.07, 6.45) is -3.96. The Hall–Kier alpha value is -4.03. The van der Waals surface area contributed by atoms with E-state index in [1.807, 2.05) is 0 Å². The number of nitrogens with two attached hydrogens (primary N) is 1. The summed E-state index contributed by atoms with van der Waals surface area (Å²) in [4.78, 5) is 14.7. The lowest BCUT2D eigenvalue weighted by molar-refractivity contribution is -0.141. The van der Waals surface area contributed by atoms with Crippen LogP contribution in [0.25, 0.3) is 16.8 Å². The number of alkyl halides is 3. The van der Waals surface area contributed by atoms with Gasteiger partial charge in [0, 0.05) is 30.5 Å². The number of rotatable bonds is 5. The number of amides is 1. The van der Waals surface area contributed by atoms with Gasteiger partial charge in [0.2, 0.25) is 0 Å². The molecule has 0 unspecified atom stereocenters. The van der Waals surface area contributed by atoms with Gasteiger partial charge in [0.25, 0.3) is 5.91 Å². The van der Waals surface area contributed by atoms with E-state index in [4.69, 9.17) is 5.73 Å². The van der Waals surface area contributed by atoms with Crippen LogP contribution in [0, 0.1) is 5.82 Å². The molecule has 0 fully saturated rings. The van der Waals surface area contributed by atoms with E-state index in [1.165, 1.54) is 36.4 Å². The maximum absolute atomic E-state index is 15.5. The molecule has 5 rings (SSSR count). The third-order valence-electron chi connectivity index (χ3n) is 6.51. The average molecular weight is 559 g/mol. The summed E-state index contributed by atoms with van der Waals surface area (Å²) >= 11 is 0. The smallest absolute Gasteiger partial charge is 0.326 e. The average Bonchev–Trinajstić information content (AvgIpc) is 3.30. The van der Waals surface area contributed by atoms with Crippen molar-refractivity contribution in [3.8, 4) is 16.8 Å². The maximum atomic E-state index is 15.5. The van der Waals surface area contributed by atoms with Crippen molar-refractivity contribution in [3.05, 3.63) is 95.1 Å². The summed E-state index contributed by atoms with van der Waals surface area (Å²) in [5.41, 5.74) is 5.18. The van der Waals surface area contributed by atoms with Crippen LogP contribution in [-0.2, 0) is 29.0 Å². The zero-order chi connectivity index (χ0) is 28.1. The quantitative estimate of drug-likeness (QED) is 0.356. The molecular weight excluding hydrogens is 536 g/mol. The van der Waals surface area contributed by atoms with Crippen LogP contribution in [0.3, 0.4) is 0 Å². The van der Waals surface area contributed by atoms with Crippen LogP contribution in [0.2, 0.25) is 0 Å². The summed E-state index contributed by atoms with van der Waals surface area (Å²) in [7, 11) is -3.61. The van der Waals surface area contributed by atoms with Gasteiger partial charge in [-0.25, -0.2) is 17.5 Å². The Kier molecular flexibility index (Phi) is 6.55. The van der Waals surface area contributed by atoms with Crippen LogP contribution in [0.5, 0.6) is 0 Å². The van der Waals surface area contributed by atoms with E-state index in [9.17, 15) is 26.4 Å². The molecule has 2 N–H and O–H groups in total. The highest BCUT2D eigenvalue weighted by atomic mass is 32.2. The highest BCUT2D eigenvalue weighted by Crippen LogP contribution is 2.38. The lowest BCUT2D eigenvalue weighted by Gasteiger charge is -2.28. The Morgan fingerprint density at radius 2 is 1.77 bits per heavy atom. The van der Waals surface area contributed by atoms with Crippen molar-refractivity contribution < 1.29 is 30.8 Å². The van der Waals surface area contributed by atoms with Crippen LogP contribution in [0.4, 0.5) is 23.2 Å². The first-order chi connectivity index (χ1) is 18.4. The SMILES string of the molecule is CS(=O)(=O)c1ccccc1-c1ccc(N2CCc3c(C(F)(F)F)nn(-c4cccc(CN)c4)c3C2=O)c(F)c1. The molecule has 1 aliphatic rings. The van der Waals surface area contributed by atoms with E-state index in [2.05, 4.69) is 5.10 Å². The number of aromatic nitrogens is 2. The third kappa shape index (κ3) is 4.81. The molecule has 202 valence electrons. The summed E-state index contributed by atoms with van der Waals surface area (Å²) in [5, 5.41) is 3.75. The van der Waals surface area contributed by atoms with Crippen molar-refractivity contribution >= 4 is 21.4 Å². The lowest BCUT2D eigenvalue weighted by Crippen LogP contribution is -2.39. The molecule has 1 amide bonds. The lowest BCUT2D eigenvalue weighted by atomic mass is 10.0. The highest BCUT2D eigenvalue weighted by Gasteiger charge is 2.43. The first-order valence-electron chi connectivity index (χ1n) is 11.8. The Labute approximate surface area is 221 Å². The molecule has 2 heterocycles. The van der Waals surface area contributed by atoms with Gasteiger partial charge in [-0.3, -0.25) is 4.79 Å². The molecule has 1 aliphatic heterocycles. The molecule has 12 heteroatoms. The van der Waals surface area contributed by atoms with E-state index >= 15 is 4.39 Å². The minimum atomic E-state index is -4.80. The fourth-order valence-electron chi connectivity index (χ4n) is 4.74. The predicted molar refractivity (Wildman–Crippen MR) is 137 cm³/mol. The van der Waals surface area contributed by atoms with Crippen LogP contribution in [0.15, 0.2) is 71.6 Å². The van der Waals surface area contributed by atoms with Crippen molar-refractivity contribution in [3.63, 3.8) is 0 Å². The molecule has 0 saturated heterocycles. The van der Waals surface area contributed by atoms with Gasteiger partial charge in [-0.1, -0.05) is 36.4 Å². The molecule has 4 aromatic rings. The molecule has 0 spiro atoms. The number of hydrogen-bond donors (Lipinski definition) is 1. The number of halogens is 4. The largest absolute Gasteiger partial charge is 0.435 e. The molecule has 39 heavy (non-hydrogen) atoms. The topological polar surface area (TPSA) is 98.3 Å². The normalized spacial score (nSPS) is 14.0. The third-order valence-corrected chi connectivity index (χ3v) is 7.67. The number of fused-ring (bicyclic) bond motifs is 1. The first-order valence-corrected chi connectivity index (χ1v) is 13.7. The van der Waals surface area contributed by atoms with Crippen LogP contribution >= 0.6 is 0 Å². The van der Waals surface area contributed by atoms with Gasteiger partial charge in [0.1, 0.15) is 11.5 Å². The zero-order valence-electron chi connectivity index (χ0n) is 20.5. The Morgan fingerprint density at radius 3 is 2.44 bits per heavy atom. The van der Waals surface area contributed by atoms with Gasteiger partial charge in [-0.05, 0) is 47.9 Å². The number of carbonyl (C=O) groups is 1. The Bertz CT molecular complexity index is 1710. The Balaban J connectivity index is 1.59. The van der Waals surface area contributed by atoms with E-state index < -0.39 is 33.4 Å². The van der Waals surface area contributed by atoms with Crippen LogP contribution in [-0.4, -0.2) is 36.9 Å². The zero-order valence-corrected chi connectivity index (χ0v) is 21.4. The summed E-state index contributed by atoms with van der Waals surface area (Å²) < 4.78 is 82.4. The maximum Gasteiger partial charge on any atom is 0.435 e. The van der Waals surface area contributed by atoms with Crippen molar-refractivity contribution in [1.29, 1.82) is 0 Å². The second-order valence-electron chi connectivity index (χ2n) is 9.10. The number of sulfone groups is 1. The molecule has 0 aliphatic carbocycles. The molecule has 0 radical (unpaired) electrons. The minimum absolute atomic E-state index is 0.0131. The monoisotopic (exact) mass is 558 g/mol. The number of benzene rings is 3. The van der Waals surface area contributed by atoms with Gasteiger partial charge in [-0.15, -0.1) is 0 Å². The number of nitrogens with zero attached hydrogens (tertiary/aromatic N) is 3. The number of anilines is 1. The first kappa shape index (κ1) is 26.6. The second kappa shape index (κ2) is 9.62. The fraction of sp³-hybridized carbons (Fsp3) is 0.185. The van der Waals surface area contributed by atoms with Crippen molar-refractivity contribution in [2.24, 2.45) is 5.73 Å². The molecular formula is C27H22F4N4O3S. The van der Waals surface area contributed by atoms with Crippen molar-refractivity contribution in [2.45, 2.75) is 24.0 Å². The van der Waals surface area contributed by atoms with Crippen molar-refractivity contribution in [2.75, 3.05) is 17.7 Å². The summed E-state index contributed by atoms with van der Waals surface area (Å²) in [6.45, 7) is -0.0802. The molecule has 1 aromatic heterocycles. The van der Waals surface area contributed by atoms with Crippen LogP contribution < -0.4 is 10.6 Å². The molecule has 7 nitrogen and oxygen atoms in total. The fourth-order valence-corrected chi connectivity index (χ4v) is 5.65. The van der Waals surface area contributed by atoms with E-state index in [0.29, 0.717) is 5.56 Å². The summed E-state index contributed by atoms with van der Waals surface area (Å²) in [5.74, 6) is -1.68. The van der Waals surface area contributed by atoms with Gasteiger partial charge >= 0.3 is 6.18 Å². The van der Waals surface area contributed by atoms with Crippen molar-refractivity contribution in [1.82, 2.24) is 9.78 Å². The minimum Gasteiger partial charge on any atom is -0.326 e. The Morgan fingerprint density at radius 1 is 1.03 bits per heavy atom. The molecule has 0 atom stereocenters. The van der Waals surface area contributed by atoms with E-state index in [-0.39, 0.29) is 58.2 Å². The van der Waals surface area contributed by atoms with Gasteiger partial charge in [-0.2, -0.15) is 18.3 Å². The van der Waals surface area contributed by atoms with Gasteiger partial charge in [0.05, 0.1) is 16.3 Å². The molecule has 0 bridgehead atoms. The van der Waals surface area contributed by atoms with E-state index in [0.717, 1.165) is 21.9 Å². The standard InChI is InChI=1S/C27H22F4N4O3S/c1-39(37,38)23-8-3-2-7-19(23)17-9-10-22(21(28)14-17)34-12-11-20-24(26(34)36)35(33-25(20)27(29,30)31)18-6-4-5-16(13-18)15-32/h2-10,13-14H,11-12,15,32H2,1H3. The van der Waals surface area contributed by atoms with E-state index in [1.54, 1.807) is 24.3 Å².